The Labute approximate surface area is 192 Å². The van der Waals surface area contributed by atoms with Gasteiger partial charge in [-0.3, -0.25) is 14.6 Å². The van der Waals surface area contributed by atoms with E-state index < -0.39 is 0 Å². The summed E-state index contributed by atoms with van der Waals surface area (Å²) < 4.78 is 6.49. The van der Waals surface area contributed by atoms with Crippen LogP contribution in [0, 0.1) is 20.8 Å². The molecule has 0 spiro atoms. The van der Waals surface area contributed by atoms with Crippen molar-refractivity contribution in [2.75, 3.05) is 44.3 Å². The van der Waals surface area contributed by atoms with E-state index in [0.717, 1.165) is 76.9 Å². The van der Waals surface area contributed by atoms with Crippen molar-refractivity contribution in [1.29, 1.82) is 0 Å². The van der Waals surface area contributed by atoms with Gasteiger partial charge in [-0.15, -0.1) is 0 Å². The third-order valence-electron chi connectivity index (χ3n) is 5.78. The molecule has 1 fully saturated rings. The number of hydrogen-bond acceptors (Lipinski definition) is 5. The number of anilines is 1. The molecule has 0 N–H and O–H groups in total. The Bertz CT molecular complexity index is 1090. The molecule has 1 aromatic heterocycles. The van der Waals surface area contributed by atoms with Gasteiger partial charge in [-0.25, -0.2) is 4.98 Å². The predicted molar refractivity (Wildman–Crippen MR) is 129 cm³/mol. The highest BCUT2D eigenvalue weighted by molar-refractivity contribution is 7.22. The second-order valence-corrected chi connectivity index (χ2v) is 9.51. The zero-order valence-electron chi connectivity index (χ0n) is 18.3. The number of carbonyl (C=O) groups excluding carboxylic acids is 1. The van der Waals surface area contributed by atoms with E-state index in [-0.39, 0.29) is 5.91 Å². The lowest BCUT2D eigenvalue weighted by molar-refractivity contribution is 0.0376. The van der Waals surface area contributed by atoms with E-state index in [4.69, 9.17) is 21.3 Å². The highest BCUT2D eigenvalue weighted by Gasteiger charge is 2.23. The number of fused-ring (bicyclic) bond motifs is 1. The second-order valence-electron chi connectivity index (χ2n) is 8.10. The molecule has 0 radical (unpaired) electrons. The molecular weight excluding hydrogens is 430 g/mol. The van der Waals surface area contributed by atoms with E-state index in [1.54, 1.807) is 11.3 Å². The van der Waals surface area contributed by atoms with E-state index in [0.29, 0.717) is 11.6 Å². The Morgan fingerprint density at radius 3 is 2.71 bits per heavy atom. The lowest BCUT2D eigenvalue weighted by Gasteiger charge is -2.28. The molecule has 0 unspecified atom stereocenters. The maximum absolute atomic E-state index is 13.6. The van der Waals surface area contributed by atoms with Gasteiger partial charge in [0, 0.05) is 36.8 Å². The van der Waals surface area contributed by atoms with Crippen LogP contribution in [0.15, 0.2) is 30.3 Å². The van der Waals surface area contributed by atoms with Crippen LogP contribution in [0.3, 0.4) is 0 Å². The van der Waals surface area contributed by atoms with Gasteiger partial charge >= 0.3 is 0 Å². The van der Waals surface area contributed by atoms with Gasteiger partial charge in [0.2, 0.25) is 0 Å². The number of nitrogens with zero attached hydrogens (tertiary/aromatic N) is 3. The summed E-state index contributed by atoms with van der Waals surface area (Å²) in [6, 6.07) is 9.86. The molecule has 0 atom stereocenters. The summed E-state index contributed by atoms with van der Waals surface area (Å²) in [5, 5.41) is 1.43. The quantitative estimate of drug-likeness (QED) is 0.507. The van der Waals surface area contributed by atoms with Gasteiger partial charge in [0.25, 0.3) is 5.91 Å². The predicted octanol–water partition coefficient (Wildman–Crippen LogP) is 5.24. The van der Waals surface area contributed by atoms with Gasteiger partial charge in [0.05, 0.1) is 23.4 Å². The first-order valence-electron chi connectivity index (χ1n) is 10.7. The largest absolute Gasteiger partial charge is 0.379 e. The minimum atomic E-state index is 0.00211. The monoisotopic (exact) mass is 457 g/mol. The summed E-state index contributed by atoms with van der Waals surface area (Å²) in [7, 11) is 0. The molecule has 0 bridgehead atoms. The minimum absolute atomic E-state index is 0.00211. The topological polar surface area (TPSA) is 45.7 Å². The summed E-state index contributed by atoms with van der Waals surface area (Å²) in [5.41, 5.74) is 4.70. The lowest BCUT2D eigenvalue weighted by Crippen LogP contribution is -2.39. The van der Waals surface area contributed by atoms with Crippen molar-refractivity contribution in [3.63, 3.8) is 0 Å². The number of carbonyl (C=O) groups is 1. The van der Waals surface area contributed by atoms with Gasteiger partial charge in [-0.1, -0.05) is 40.6 Å². The van der Waals surface area contributed by atoms with Crippen molar-refractivity contribution in [1.82, 2.24) is 9.88 Å². The summed E-state index contributed by atoms with van der Waals surface area (Å²) in [6.45, 7) is 11.0. The summed E-state index contributed by atoms with van der Waals surface area (Å²) in [6.07, 6.45) is 0.881. The Kier molecular flexibility index (Phi) is 6.92. The Hall–Kier alpha value is -1.99. The molecule has 2 aromatic carbocycles. The molecule has 31 heavy (non-hydrogen) atoms. The van der Waals surface area contributed by atoms with Crippen molar-refractivity contribution in [2.45, 2.75) is 27.2 Å². The maximum Gasteiger partial charge on any atom is 0.260 e. The third-order valence-corrected chi connectivity index (χ3v) is 7.24. The fraction of sp³-hybridized carbons (Fsp3) is 0.417. The van der Waals surface area contributed by atoms with Crippen LogP contribution < -0.4 is 4.90 Å². The zero-order chi connectivity index (χ0) is 22.0. The molecule has 7 heteroatoms. The first-order chi connectivity index (χ1) is 14.9. The SMILES string of the molecule is Cc1ccc(C(=O)N(CCCN2CCOCC2)c2nc3c(C)c(Cl)ccc3s2)c(C)c1. The minimum Gasteiger partial charge on any atom is -0.379 e. The Balaban J connectivity index is 1.63. The van der Waals surface area contributed by atoms with Crippen molar-refractivity contribution < 1.29 is 9.53 Å². The normalized spacial score (nSPS) is 14.8. The number of rotatable bonds is 6. The van der Waals surface area contributed by atoms with Crippen molar-refractivity contribution in [3.05, 3.63) is 57.6 Å². The summed E-state index contributed by atoms with van der Waals surface area (Å²) >= 11 is 7.86. The van der Waals surface area contributed by atoms with Crippen LogP contribution in [0.5, 0.6) is 0 Å². The van der Waals surface area contributed by atoms with Crippen molar-refractivity contribution in [2.24, 2.45) is 0 Å². The molecule has 0 aliphatic carbocycles. The van der Waals surface area contributed by atoms with E-state index in [2.05, 4.69) is 11.0 Å². The molecular formula is C24H28ClN3O2S. The van der Waals surface area contributed by atoms with E-state index in [9.17, 15) is 4.79 Å². The number of ether oxygens (including phenoxy) is 1. The molecule has 1 aliphatic heterocycles. The van der Waals surface area contributed by atoms with E-state index in [1.807, 2.05) is 49.9 Å². The van der Waals surface area contributed by atoms with E-state index in [1.165, 1.54) is 0 Å². The molecule has 4 rings (SSSR count). The Morgan fingerprint density at radius 1 is 1.19 bits per heavy atom. The molecule has 3 aromatic rings. The van der Waals surface area contributed by atoms with Crippen LogP contribution in [0.25, 0.3) is 10.2 Å². The second kappa shape index (κ2) is 9.65. The first-order valence-corrected chi connectivity index (χ1v) is 11.9. The first kappa shape index (κ1) is 22.2. The fourth-order valence-electron chi connectivity index (χ4n) is 3.96. The molecule has 164 valence electrons. The van der Waals surface area contributed by atoms with Crippen LogP contribution in [-0.4, -0.2) is 55.2 Å². The lowest BCUT2D eigenvalue weighted by atomic mass is 10.0. The van der Waals surface area contributed by atoms with Crippen LogP contribution in [0.4, 0.5) is 5.13 Å². The third kappa shape index (κ3) is 4.93. The highest BCUT2D eigenvalue weighted by atomic mass is 35.5. The standard InChI is InChI=1S/C24H28ClN3O2S/c1-16-5-6-19(17(2)15-16)23(29)28(10-4-9-27-11-13-30-14-12-27)24-26-22-18(3)20(25)7-8-21(22)31-24/h5-8,15H,4,9-14H2,1-3H3. The highest BCUT2D eigenvalue weighted by Crippen LogP contribution is 2.34. The number of hydrogen-bond donors (Lipinski definition) is 0. The average Bonchev–Trinajstić information content (AvgIpc) is 3.19. The molecule has 1 amide bonds. The smallest absolute Gasteiger partial charge is 0.260 e. The van der Waals surface area contributed by atoms with Gasteiger partial charge in [-0.05, 0) is 56.5 Å². The number of morpholine rings is 1. The van der Waals surface area contributed by atoms with Gasteiger partial charge in [0.1, 0.15) is 0 Å². The Morgan fingerprint density at radius 2 is 1.97 bits per heavy atom. The average molecular weight is 458 g/mol. The van der Waals surface area contributed by atoms with Crippen LogP contribution in [-0.2, 0) is 4.74 Å². The maximum atomic E-state index is 13.6. The summed E-state index contributed by atoms with van der Waals surface area (Å²) in [4.78, 5) is 22.7. The van der Waals surface area contributed by atoms with Gasteiger partial charge < -0.3 is 4.74 Å². The number of aromatic nitrogens is 1. The number of thiazole rings is 1. The van der Waals surface area contributed by atoms with Crippen LogP contribution in [0.1, 0.15) is 33.5 Å². The number of benzene rings is 2. The van der Waals surface area contributed by atoms with Crippen LogP contribution in [0.2, 0.25) is 5.02 Å². The number of aryl methyl sites for hydroxylation is 3. The molecule has 2 heterocycles. The zero-order valence-corrected chi connectivity index (χ0v) is 19.9. The molecule has 1 aliphatic rings. The van der Waals surface area contributed by atoms with E-state index >= 15 is 0 Å². The number of halogens is 1. The van der Waals surface area contributed by atoms with Crippen molar-refractivity contribution in [3.8, 4) is 0 Å². The van der Waals surface area contributed by atoms with Gasteiger partial charge in [-0.2, -0.15) is 0 Å². The van der Waals surface area contributed by atoms with Gasteiger partial charge in [0.15, 0.2) is 5.13 Å². The molecule has 0 saturated carbocycles. The molecule has 5 nitrogen and oxygen atoms in total. The fourth-order valence-corrected chi connectivity index (χ4v) is 5.17. The van der Waals surface area contributed by atoms with Crippen molar-refractivity contribution >= 4 is 44.2 Å². The van der Waals surface area contributed by atoms with Crippen LogP contribution >= 0.6 is 22.9 Å². The summed E-state index contributed by atoms with van der Waals surface area (Å²) in [5.74, 6) is 0.00211. The number of amides is 1. The molecule has 1 saturated heterocycles.